The molecule has 0 aliphatic heterocycles. The van der Waals surface area contributed by atoms with Crippen molar-refractivity contribution in [1.29, 1.82) is 0 Å². The first kappa shape index (κ1) is 32.2. The fraction of sp³-hybridized carbons (Fsp3) is 0.621. The highest BCUT2D eigenvalue weighted by Gasteiger charge is 2.38. The average Bonchev–Trinajstić information content (AvgIpc) is 2.90. The molecule has 2 unspecified atom stereocenters. The smallest absolute Gasteiger partial charge is 0.350 e. The lowest BCUT2D eigenvalue weighted by Gasteiger charge is -2.20. The molecule has 0 aliphatic carbocycles. The van der Waals surface area contributed by atoms with Crippen LogP contribution in [0.5, 0.6) is 0 Å². The Labute approximate surface area is 221 Å². The number of ether oxygens (including phenoxy) is 3. The van der Waals surface area contributed by atoms with Gasteiger partial charge in [-0.2, -0.15) is 0 Å². The van der Waals surface area contributed by atoms with Gasteiger partial charge in [0.1, 0.15) is 0 Å². The molecule has 0 bridgehead atoms. The summed E-state index contributed by atoms with van der Waals surface area (Å²) in [6, 6.07) is 6.56. The predicted octanol–water partition coefficient (Wildman–Crippen LogP) is 5.59. The molecule has 0 aliphatic rings. The van der Waals surface area contributed by atoms with Gasteiger partial charge in [-0.15, -0.1) is 0 Å². The normalized spacial score (nSPS) is 12.6. The van der Waals surface area contributed by atoms with E-state index < -0.39 is 30.1 Å². The lowest BCUT2D eigenvalue weighted by molar-refractivity contribution is -0.172. The summed E-state index contributed by atoms with van der Waals surface area (Å²) in [6.07, 6.45) is 13.1. The first-order valence-electron chi connectivity index (χ1n) is 13.7. The number of carbonyl (C=O) groups is 3. The zero-order valence-corrected chi connectivity index (χ0v) is 22.7. The SMILES string of the molecule is CCCCCCCCCC=CCCCNc1ccc(C(=O)OC(C(=O)OCC)C(O)C(=O)OCC)cc1. The van der Waals surface area contributed by atoms with Crippen LogP contribution in [0, 0.1) is 0 Å². The van der Waals surface area contributed by atoms with Crippen molar-refractivity contribution in [2.24, 2.45) is 0 Å². The number of hydrogen-bond donors (Lipinski definition) is 2. The molecule has 1 rings (SSSR count). The second-order valence-corrected chi connectivity index (χ2v) is 8.80. The van der Waals surface area contributed by atoms with Crippen molar-refractivity contribution in [3.63, 3.8) is 0 Å². The number of carbonyl (C=O) groups excluding carboxylic acids is 3. The third kappa shape index (κ3) is 13.9. The van der Waals surface area contributed by atoms with Gasteiger partial charge in [-0.05, 0) is 63.8 Å². The van der Waals surface area contributed by atoms with Gasteiger partial charge in [0.05, 0.1) is 18.8 Å². The summed E-state index contributed by atoms with van der Waals surface area (Å²) in [5.74, 6) is -2.95. The van der Waals surface area contributed by atoms with E-state index in [9.17, 15) is 19.5 Å². The van der Waals surface area contributed by atoms with Crippen LogP contribution in [0.1, 0.15) is 95.3 Å². The van der Waals surface area contributed by atoms with E-state index in [1.165, 1.54) is 44.9 Å². The van der Waals surface area contributed by atoms with Crippen LogP contribution in [-0.4, -0.2) is 55.0 Å². The zero-order valence-electron chi connectivity index (χ0n) is 22.7. The molecule has 0 fully saturated rings. The van der Waals surface area contributed by atoms with Crippen molar-refractivity contribution in [3.8, 4) is 0 Å². The van der Waals surface area contributed by atoms with E-state index in [0.29, 0.717) is 0 Å². The minimum absolute atomic E-state index is 0.00220. The highest BCUT2D eigenvalue weighted by molar-refractivity contribution is 5.93. The second kappa shape index (κ2) is 20.2. The van der Waals surface area contributed by atoms with Crippen molar-refractivity contribution >= 4 is 23.6 Å². The van der Waals surface area contributed by atoms with Gasteiger partial charge in [-0.3, -0.25) is 0 Å². The fourth-order valence-corrected chi connectivity index (χ4v) is 3.63. The molecule has 2 N–H and O–H groups in total. The van der Waals surface area contributed by atoms with Gasteiger partial charge in [0.25, 0.3) is 0 Å². The Hall–Kier alpha value is -2.87. The molecule has 8 nitrogen and oxygen atoms in total. The highest BCUT2D eigenvalue weighted by Crippen LogP contribution is 2.14. The van der Waals surface area contributed by atoms with Gasteiger partial charge in [-0.1, -0.05) is 57.6 Å². The van der Waals surface area contributed by atoms with Crippen LogP contribution in [0.2, 0.25) is 0 Å². The number of nitrogens with one attached hydrogen (secondary N) is 1. The number of aliphatic hydroxyl groups is 1. The maximum atomic E-state index is 12.5. The molecule has 0 radical (unpaired) electrons. The van der Waals surface area contributed by atoms with Crippen LogP contribution in [0.15, 0.2) is 36.4 Å². The van der Waals surface area contributed by atoms with Crippen molar-refractivity contribution < 1.29 is 33.7 Å². The van der Waals surface area contributed by atoms with Gasteiger partial charge >= 0.3 is 17.9 Å². The first-order valence-corrected chi connectivity index (χ1v) is 13.7. The zero-order chi connectivity index (χ0) is 27.3. The Morgan fingerprint density at radius 1 is 0.811 bits per heavy atom. The van der Waals surface area contributed by atoms with E-state index in [2.05, 4.69) is 24.4 Å². The molecular formula is C29H45NO7. The van der Waals surface area contributed by atoms with E-state index >= 15 is 0 Å². The van der Waals surface area contributed by atoms with E-state index in [-0.39, 0.29) is 18.8 Å². The topological polar surface area (TPSA) is 111 Å². The molecule has 8 heteroatoms. The predicted molar refractivity (Wildman–Crippen MR) is 144 cm³/mol. The van der Waals surface area contributed by atoms with Crippen LogP contribution >= 0.6 is 0 Å². The molecule has 0 spiro atoms. The Kier molecular flexibility index (Phi) is 17.6. The molecule has 0 amide bonds. The van der Waals surface area contributed by atoms with Gasteiger partial charge in [0.15, 0.2) is 6.10 Å². The fourth-order valence-electron chi connectivity index (χ4n) is 3.63. The Morgan fingerprint density at radius 3 is 2.00 bits per heavy atom. The summed E-state index contributed by atoms with van der Waals surface area (Å²) in [6.45, 7) is 6.15. The molecule has 0 saturated heterocycles. The molecule has 37 heavy (non-hydrogen) atoms. The van der Waals surface area contributed by atoms with Gasteiger partial charge in [0, 0.05) is 12.2 Å². The van der Waals surface area contributed by atoms with Crippen LogP contribution in [-0.2, 0) is 23.8 Å². The number of benzene rings is 1. The van der Waals surface area contributed by atoms with Crippen LogP contribution in [0.3, 0.4) is 0 Å². The molecule has 1 aromatic carbocycles. The monoisotopic (exact) mass is 519 g/mol. The number of esters is 3. The van der Waals surface area contributed by atoms with Crippen molar-refractivity contribution in [2.75, 3.05) is 25.1 Å². The number of hydrogen-bond acceptors (Lipinski definition) is 8. The standard InChI is InChI=1S/C29H45NO7/c1-4-7-8-9-10-11-12-13-14-15-16-17-22-30-24-20-18-23(19-21-24)27(32)37-26(29(34)36-6-3)25(31)28(33)35-5-2/h14-15,18-21,25-26,30-31H,4-13,16-17,22H2,1-3H3. The maximum absolute atomic E-state index is 12.5. The van der Waals surface area contributed by atoms with Crippen molar-refractivity contribution in [2.45, 2.75) is 97.2 Å². The number of anilines is 1. The lowest BCUT2D eigenvalue weighted by Crippen LogP contribution is -2.44. The van der Waals surface area contributed by atoms with Crippen LogP contribution < -0.4 is 5.32 Å². The minimum atomic E-state index is -1.98. The average molecular weight is 520 g/mol. The van der Waals surface area contributed by atoms with E-state index in [0.717, 1.165) is 31.5 Å². The third-order valence-corrected chi connectivity index (χ3v) is 5.71. The second-order valence-electron chi connectivity index (χ2n) is 8.80. The minimum Gasteiger partial charge on any atom is -0.464 e. The first-order chi connectivity index (χ1) is 17.9. The Morgan fingerprint density at radius 2 is 1.38 bits per heavy atom. The van der Waals surface area contributed by atoms with Crippen LogP contribution in [0.4, 0.5) is 5.69 Å². The van der Waals surface area contributed by atoms with Crippen molar-refractivity contribution in [3.05, 3.63) is 42.0 Å². The van der Waals surface area contributed by atoms with Crippen molar-refractivity contribution in [1.82, 2.24) is 0 Å². The summed E-state index contributed by atoms with van der Waals surface area (Å²) < 4.78 is 14.6. The molecule has 2 atom stereocenters. The summed E-state index contributed by atoms with van der Waals surface area (Å²) in [5, 5.41) is 13.4. The van der Waals surface area contributed by atoms with E-state index in [1.807, 2.05) is 0 Å². The number of aliphatic hydroxyl groups excluding tert-OH is 1. The van der Waals surface area contributed by atoms with Gasteiger partial charge in [0.2, 0.25) is 6.10 Å². The van der Waals surface area contributed by atoms with Gasteiger partial charge in [-0.25, -0.2) is 14.4 Å². The molecule has 0 heterocycles. The lowest BCUT2D eigenvalue weighted by atomic mass is 10.1. The van der Waals surface area contributed by atoms with Gasteiger partial charge < -0.3 is 24.6 Å². The highest BCUT2D eigenvalue weighted by atomic mass is 16.6. The Balaban J connectivity index is 2.39. The van der Waals surface area contributed by atoms with Crippen LogP contribution in [0.25, 0.3) is 0 Å². The molecule has 208 valence electrons. The summed E-state index contributed by atoms with van der Waals surface area (Å²) >= 11 is 0. The molecule has 1 aromatic rings. The number of rotatable bonds is 20. The number of allylic oxidation sites excluding steroid dienone is 2. The molecule has 0 saturated carbocycles. The number of unbranched alkanes of at least 4 members (excludes halogenated alkanes) is 8. The summed E-state index contributed by atoms with van der Waals surface area (Å²) in [4.78, 5) is 36.5. The maximum Gasteiger partial charge on any atom is 0.350 e. The Bertz CT molecular complexity index is 807. The molecular weight excluding hydrogens is 474 g/mol. The summed E-state index contributed by atoms with van der Waals surface area (Å²) in [5.41, 5.74) is 1.02. The van der Waals surface area contributed by atoms with E-state index in [1.54, 1.807) is 38.1 Å². The largest absolute Gasteiger partial charge is 0.464 e. The quantitative estimate of drug-likeness (QED) is 0.0993. The third-order valence-electron chi connectivity index (χ3n) is 5.71. The summed E-state index contributed by atoms with van der Waals surface area (Å²) in [7, 11) is 0. The van der Waals surface area contributed by atoms with E-state index in [4.69, 9.17) is 14.2 Å². The molecule has 0 aromatic heterocycles.